The number of hydrogen-bond acceptors (Lipinski definition) is 3. The quantitative estimate of drug-likeness (QED) is 0.249. The number of hydrogen-bond donors (Lipinski definition) is 2. The van der Waals surface area contributed by atoms with Crippen molar-refractivity contribution in [1.29, 1.82) is 0 Å². The van der Waals surface area contributed by atoms with Crippen molar-refractivity contribution in [3.63, 3.8) is 0 Å². The Kier molecular flexibility index (Phi) is 16.3. The maximum atomic E-state index is 11.4. The summed E-state index contributed by atoms with van der Waals surface area (Å²) in [6.07, 6.45) is 16.8. The predicted molar refractivity (Wildman–Crippen MR) is 102 cm³/mol. The molecule has 0 radical (unpaired) electrons. The van der Waals surface area contributed by atoms with Gasteiger partial charge >= 0.3 is 0 Å². The Balaban J connectivity index is 3.59. The lowest BCUT2D eigenvalue weighted by Crippen LogP contribution is -2.20. The third-order valence-corrected chi connectivity index (χ3v) is 6.05. The third kappa shape index (κ3) is 15.4. The largest absolute Gasteiger partial charge is 0.396 e. The van der Waals surface area contributed by atoms with E-state index in [1.54, 1.807) is 0 Å². The van der Waals surface area contributed by atoms with Crippen molar-refractivity contribution in [1.82, 2.24) is 0 Å². The maximum absolute atomic E-state index is 11.4. The van der Waals surface area contributed by atoms with Gasteiger partial charge in [0.15, 0.2) is 0 Å². The molecular formula is C19H40O4S. The molecule has 0 aromatic carbocycles. The molecule has 1 atom stereocenters. The fraction of sp³-hybridized carbons (Fsp3) is 1.00. The van der Waals surface area contributed by atoms with Gasteiger partial charge in [-0.1, -0.05) is 90.4 Å². The Bertz CT molecular complexity index is 354. The van der Waals surface area contributed by atoms with Gasteiger partial charge in [0.2, 0.25) is 0 Å². The molecule has 0 aliphatic rings. The molecule has 0 saturated carbocycles. The lowest BCUT2D eigenvalue weighted by Gasteiger charge is -2.13. The maximum Gasteiger partial charge on any atom is 0.267 e. The first-order valence-electron chi connectivity index (χ1n) is 10.1. The van der Waals surface area contributed by atoms with Crippen molar-refractivity contribution in [3.05, 3.63) is 0 Å². The molecule has 0 saturated heterocycles. The molecule has 0 aromatic heterocycles. The summed E-state index contributed by atoms with van der Waals surface area (Å²) in [7, 11) is -3.88. The van der Waals surface area contributed by atoms with Crippen molar-refractivity contribution in [2.75, 3.05) is 6.61 Å². The van der Waals surface area contributed by atoms with Crippen LogP contribution < -0.4 is 0 Å². The van der Waals surface area contributed by atoms with Crippen LogP contribution in [-0.4, -0.2) is 29.9 Å². The van der Waals surface area contributed by atoms with Gasteiger partial charge in [-0.2, -0.15) is 8.42 Å². The molecule has 2 N–H and O–H groups in total. The molecule has 0 fully saturated rings. The van der Waals surface area contributed by atoms with Crippen molar-refractivity contribution >= 4 is 10.1 Å². The SMILES string of the molecule is CCCCCCC(CCCCCCCCCCCCO)S(=O)(=O)O. The second-order valence-corrected chi connectivity index (χ2v) is 8.73. The van der Waals surface area contributed by atoms with Gasteiger partial charge in [0, 0.05) is 6.61 Å². The van der Waals surface area contributed by atoms with Crippen LogP contribution in [0.2, 0.25) is 0 Å². The zero-order chi connectivity index (χ0) is 18.1. The highest BCUT2D eigenvalue weighted by Gasteiger charge is 2.21. The summed E-state index contributed by atoms with van der Waals surface area (Å²) < 4.78 is 32.2. The summed E-state index contributed by atoms with van der Waals surface area (Å²) in [6, 6.07) is 0. The smallest absolute Gasteiger partial charge is 0.267 e. The Morgan fingerprint density at radius 3 is 1.42 bits per heavy atom. The molecule has 0 bridgehead atoms. The minimum atomic E-state index is -3.88. The van der Waals surface area contributed by atoms with Gasteiger partial charge in [-0.15, -0.1) is 0 Å². The molecule has 1 unspecified atom stereocenters. The van der Waals surface area contributed by atoms with Crippen LogP contribution in [0.15, 0.2) is 0 Å². The van der Waals surface area contributed by atoms with Gasteiger partial charge in [-0.3, -0.25) is 4.55 Å². The third-order valence-electron chi connectivity index (χ3n) is 4.74. The molecule has 5 heteroatoms. The Labute approximate surface area is 150 Å². The molecule has 0 amide bonds. The lowest BCUT2D eigenvalue weighted by atomic mass is 10.0. The molecule has 0 aliphatic carbocycles. The van der Waals surface area contributed by atoms with Gasteiger partial charge in [0.25, 0.3) is 10.1 Å². The van der Waals surface area contributed by atoms with Crippen LogP contribution in [0.3, 0.4) is 0 Å². The molecule has 4 nitrogen and oxygen atoms in total. The molecular weight excluding hydrogens is 324 g/mol. The molecule has 0 heterocycles. The Hall–Kier alpha value is -0.130. The van der Waals surface area contributed by atoms with E-state index in [2.05, 4.69) is 6.92 Å². The van der Waals surface area contributed by atoms with E-state index in [-0.39, 0.29) is 0 Å². The summed E-state index contributed by atoms with van der Waals surface area (Å²) in [6.45, 7) is 2.44. The van der Waals surface area contributed by atoms with Crippen LogP contribution in [0.5, 0.6) is 0 Å². The average Bonchev–Trinajstić information content (AvgIpc) is 2.53. The van der Waals surface area contributed by atoms with Crippen molar-refractivity contribution in [2.24, 2.45) is 0 Å². The van der Waals surface area contributed by atoms with E-state index in [0.717, 1.165) is 57.8 Å². The number of unbranched alkanes of at least 4 members (excludes halogenated alkanes) is 12. The highest BCUT2D eigenvalue weighted by atomic mass is 32.2. The standard InChI is InChI=1S/C19H40O4S/c1-2-3-4-13-16-19(24(21,22)23)17-14-11-9-7-5-6-8-10-12-15-18-20/h19-20H,2-18H2,1H3,(H,21,22,23). The van der Waals surface area contributed by atoms with Crippen LogP contribution in [0, 0.1) is 0 Å². The van der Waals surface area contributed by atoms with E-state index in [9.17, 15) is 13.0 Å². The van der Waals surface area contributed by atoms with Crippen LogP contribution >= 0.6 is 0 Å². The number of rotatable bonds is 18. The average molecular weight is 365 g/mol. The first kappa shape index (κ1) is 23.9. The highest BCUT2D eigenvalue weighted by Crippen LogP contribution is 2.19. The van der Waals surface area contributed by atoms with E-state index < -0.39 is 15.4 Å². The number of aliphatic hydroxyl groups excluding tert-OH is 1. The van der Waals surface area contributed by atoms with Gasteiger partial charge in [-0.25, -0.2) is 0 Å². The van der Waals surface area contributed by atoms with E-state index >= 15 is 0 Å². The minimum absolute atomic E-state index is 0.309. The van der Waals surface area contributed by atoms with E-state index in [4.69, 9.17) is 5.11 Å². The summed E-state index contributed by atoms with van der Waals surface area (Å²) in [5.74, 6) is 0. The predicted octanol–water partition coefficient (Wildman–Crippen LogP) is 5.50. The Morgan fingerprint density at radius 1 is 0.667 bits per heavy atom. The molecule has 0 rings (SSSR count). The Morgan fingerprint density at radius 2 is 1.04 bits per heavy atom. The monoisotopic (exact) mass is 364 g/mol. The molecule has 146 valence electrons. The van der Waals surface area contributed by atoms with Crippen molar-refractivity contribution in [3.8, 4) is 0 Å². The molecule has 0 aromatic rings. The van der Waals surface area contributed by atoms with E-state index in [1.807, 2.05) is 0 Å². The van der Waals surface area contributed by atoms with Gasteiger partial charge in [-0.05, 0) is 19.3 Å². The molecule has 0 aliphatic heterocycles. The zero-order valence-electron chi connectivity index (χ0n) is 15.7. The normalized spacial score (nSPS) is 13.3. The zero-order valence-corrected chi connectivity index (χ0v) is 16.5. The van der Waals surface area contributed by atoms with Crippen LogP contribution in [0.1, 0.15) is 110 Å². The van der Waals surface area contributed by atoms with Crippen LogP contribution in [-0.2, 0) is 10.1 Å². The van der Waals surface area contributed by atoms with Crippen LogP contribution in [0.25, 0.3) is 0 Å². The molecule has 24 heavy (non-hydrogen) atoms. The topological polar surface area (TPSA) is 74.6 Å². The fourth-order valence-electron chi connectivity index (χ4n) is 3.14. The first-order valence-corrected chi connectivity index (χ1v) is 11.6. The minimum Gasteiger partial charge on any atom is -0.396 e. The van der Waals surface area contributed by atoms with Crippen molar-refractivity contribution in [2.45, 2.75) is 115 Å². The van der Waals surface area contributed by atoms with Gasteiger partial charge < -0.3 is 5.11 Å². The fourth-order valence-corrected chi connectivity index (χ4v) is 4.07. The van der Waals surface area contributed by atoms with Gasteiger partial charge in [0.05, 0.1) is 5.25 Å². The second-order valence-electron chi connectivity index (χ2n) is 7.03. The lowest BCUT2D eigenvalue weighted by molar-refractivity contribution is 0.282. The highest BCUT2D eigenvalue weighted by molar-refractivity contribution is 7.86. The van der Waals surface area contributed by atoms with E-state index in [0.29, 0.717) is 19.4 Å². The summed E-state index contributed by atoms with van der Waals surface area (Å²) in [4.78, 5) is 0. The first-order chi connectivity index (χ1) is 11.5. The summed E-state index contributed by atoms with van der Waals surface area (Å²) in [5.41, 5.74) is 0. The van der Waals surface area contributed by atoms with E-state index in [1.165, 1.54) is 32.1 Å². The van der Waals surface area contributed by atoms with Crippen LogP contribution in [0.4, 0.5) is 0 Å². The summed E-state index contributed by atoms with van der Waals surface area (Å²) >= 11 is 0. The van der Waals surface area contributed by atoms with Gasteiger partial charge in [0.1, 0.15) is 0 Å². The number of aliphatic hydroxyl groups is 1. The molecule has 0 spiro atoms. The summed E-state index contributed by atoms with van der Waals surface area (Å²) in [5, 5.41) is 8.14. The van der Waals surface area contributed by atoms with Crippen molar-refractivity contribution < 1.29 is 18.1 Å². The second kappa shape index (κ2) is 16.3.